The van der Waals surface area contributed by atoms with Gasteiger partial charge < -0.3 is 5.32 Å². The Morgan fingerprint density at radius 1 is 0.882 bits per heavy atom. The van der Waals surface area contributed by atoms with Crippen molar-refractivity contribution in [2.45, 2.75) is 102 Å². The summed E-state index contributed by atoms with van der Waals surface area (Å²) in [6, 6.07) is 17.2. The van der Waals surface area contributed by atoms with Crippen LogP contribution in [0.3, 0.4) is 0 Å². The van der Waals surface area contributed by atoms with E-state index >= 15 is 0 Å². The second-order valence-corrected chi connectivity index (χ2v) is 12.1. The van der Waals surface area contributed by atoms with Crippen LogP contribution in [0.15, 0.2) is 53.4 Å². The SMILES string of the molecule is Cc1ccc(C(C)CCCCCCC(C)NCc2ccccc2)cc1S(=O)(=O)N1CCCCC1. The summed E-state index contributed by atoms with van der Waals surface area (Å²) in [5.74, 6) is 0.377. The van der Waals surface area contributed by atoms with Gasteiger partial charge in [0.15, 0.2) is 0 Å². The first-order chi connectivity index (χ1) is 16.4. The van der Waals surface area contributed by atoms with Crippen LogP contribution in [0.4, 0.5) is 0 Å². The van der Waals surface area contributed by atoms with Crippen molar-refractivity contribution in [2.24, 2.45) is 0 Å². The molecule has 1 N–H and O–H groups in total. The van der Waals surface area contributed by atoms with Crippen LogP contribution in [0.2, 0.25) is 0 Å². The number of sulfonamides is 1. The molecule has 2 unspecified atom stereocenters. The molecule has 3 rings (SSSR count). The third-order valence-corrected chi connectivity index (χ3v) is 9.28. The predicted octanol–water partition coefficient (Wildman–Crippen LogP) is 6.79. The van der Waals surface area contributed by atoms with E-state index in [1.165, 1.54) is 37.7 Å². The molecule has 1 aliphatic heterocycles. The number of benzene rings is 2. The third kappa shape index (κ3) is 7.93. The summed E-state index contributed by atoms with van der Waals surface area (Å²) in [4.78, 5) is 0.510. The van der Waals surface area contributed by atoms with E-state index in [1.54, 1.807) is 4.31 Å². The molecule has 0 aliphatic carbocycles. The number of nitrogens with one attached hydrogen (secondary N) is 1. The molecular formula is C29H44N2O2S. The van der Waals surface area contributed by atoms with Crippen molar-refractivity contribution >= 4 is 10.0 Å². The van der Waals surface area contributed by atoms with Crippen LogP contribution in [0.25, 0.3) is 0 Å². The number of hydrogen-bond donors (Lipinski definition) is 1. The van der Waals surface area contributed by atoms with Gasteiger partial charge in [-0.05, 0) is 68.2 Å². The first-order valence-corrected chi connectivity index (χ1v) is 14.7. The summed E-state index contributed by atoms with van der Waals surface area (Å²) in [7, 11) is -3.38. The molecule has 5 heteroatoms. The van der Waals surface area contributed by atoms with Gasteiger partial charge in [-0.1, -0.05) is 81.5 Å². The summed E-state index contributed by atoms with van der Waals surface area (Å²) < 4.78 is 28.1. The number of rotatable bonds is 13. The average Bonchev–Trinajstić information content (AvgIpc) is 2.86. The largest absolute Gasteiger partial charge is 0.310 e. The third-order valence-electron chi connectivity index (χ3n) is 7.24. The Hall–Kier alpha value is -1.69. The van der Waals surface area contributed by atoms with E-state index in [1.807, 2.05) is 19.1 Å². The number of piperidine rings is 1. The Morgan fingerprint density at radius 2 is 1.56 bits per heavy atom. The van der Waals surface area contributed by atoms with Crippen molar-refractivity contribution in [3.05, 3.63) is 65.2 Å². The van der Waals surface area contributed by atoms with Gasteiger partial charge in [-0.2, -0.15) is 4.31 Å². The van der Waals surface area contributed by atoms with E-state index in [4.69, 9.17) is 0 Å². The molecule has 0 amide bonds. The minimum absolute atomic E-state index is 0.377. The van der Waals surface area contributed by atoms with Crippen molar-refractivity contribution in [1.29, 1.82) is 0 Å². The molecule has 1 aliphatic rings. The normalized spacial score (nSPS) is 16.9. The molecule has 2 atom stereocenters. The van der Waals surface area contributed by atoms with E-state index in [0.717, 1.165) is 43.4 Å². The van der Waals surface area contributed by atoms with Crippen LogP contribution >= 0.6 is 0 Å². The second-order valence-electron chi connectivity index (χ2n) is 10.1. The van der Waals surface area contributed by atoms with Crippen molar-refractivity contribution in [1.82, 2.24) is 9.62 Å². The molecule has 1 heterocycles. The van der Waals surface area contributed by atoms with Gasteiger partial charge in [0.2, 0.25) is 10.0 Å². The lowest BCUT2D eigenvalue weighted by Gasteiger charge is -2.27. The zero-order chi connectivity index (χ0) is 24.4. The number of nitrogens with zero attached hydrogens (tertiary/aromatic N) is 1. The summed E-state index contributed by atoms with van der Waals surface area (Å²) in [5.41, 5.74) is 3.35. The second kappa shape index (κ2) is 13.4. The molecule has 0 aromatic heterocycles. The molecule has 1 saturated heterocycles. The fraction of sp³-hybridized carbons (Fsp3) is 0.586. The zero-order valence-electron chi connectivity index (χ0n) is 21.4. The van der Waals surface area contributed by atoms with E-state index in [9.17, 15) is 8.42 Å². The molecular weight excluding hydrogens is 440 g/mol. The fourth-order valence-corrected chi connectivity index (χ4v) is 6.63. The first-order valence-electron chi connectivity index (χ1n) is 13.3. The maximum Gasteiger partial charge on any atom is 0.243 e. The Kier molecular flexibility index (Phi) is 10.6. The summed E-state index contributed by atoms with van der Waals surface area (Å²) >= 11 is 0. The van der Waals surface area contributed by atoms with E-state index < -0.39 is 10.0 Å². The van der Waals surface area contributed by atoms with Crippen molar-refractivity contribution < 1.29 is 8.42 Å². The Balaban J connectivity index is 1.39. The zero-order valence-corrected chi connectivity index (χ0v) is 22.2. The van der Waals surface area contributed by atoms with Crippen LogP contribution in [0.5, 0.6) is 0 Å². The standard InChI is InChI=1S/C29H44N2O2S/c1-24(14-8-4-5-9-15-26(3)30-23-27-16-10-6-11-17-27)28-19-18-25(2)29(22-28)34(32,33)31-20-12-7-13-21-31/h6,10-11,16-19,22,24,26,30H,4-5,7-9,12-15,20-21,23H2,1-3H3. The van der Waals surface area contributed by atoms with E-state index in [2.05, 4.69) is 55.6 Å². The van der Waals surface area contributed by atoms with Gasteiger partial charge in [0.25, 0.3) is 0 Å². The van der Waals surface area contributed by atoms with Gasteiger partial charge in [0.05, 0.1) is 4.90 Å². The van der Waals surface area contributed by atoms with E-state index in [-0.39, 0.29) is 0 Å². The van der Waals surface area contributed by atoms with Gasteiger partial charge in [-0.25, -0.2) is 8.42 Å². The molecule has 1 fully saturated rings. The van der Waals surface area contributed by atoms with Gasteiger partial charge in [0.1, 0.15) is 0 Å². The molecule has 0 spiro atoms. The topological polar surface area (TPSA) is 49.4 Å². The molecule has 0 radical (unpaired) electrons. The molecule has 2 aromatic carbocycles. The molecule has 2 aromatic rings. The maximum absolute atomic E-state index is 13.2. The summed E-state index contributed by atoms with van der Waals surface area (Å²) in [6.07, 6.45) is 10.3. The monoisotopic (exact) mass is 484 g/mol. The Labute approximate surface area is 208 Å². The van der Waals surface area contributed by atoms with Crippen LogP contribution in [-0.2, 0) is 16.6 Å². The van der Waals surface area contributed by atoms with Crippen LogP contribution < -0.4 is 5.32 Å². The highest BCUT2D eigenvalue weighted by Crippen LogP contribution is 2.29. The number of hydrogen-bond acceptors (Lipinski definition) is 3. The quantitative estimate of drug-likeness (QED) is 0.318. The molecule has 188 valence electrons. The Bertz CT molecular complexity index is 969. The van der Waals surface area contributed by atoms with Crippen molar-refractivity contribution in [3.8, 4) is 0 Å². The predicted molar refractivity (Wildman–Crippen MR) is 143 cm³/mol. The Morgan fingerprint density at radius 3 is 2.26 bits per heavy atom. The lowest BCUT2D eigenvalue weighted by Crippen LogP contribution is -2.36. The van der Waals surface area contributed by atoms with Crippen LogP contribution in [0.1, 0.15) is 94.2 Å². The van der Waals surface area contributed by atoms with Crippen molar-refractivity contribution in [3.63, 3.8) is 0 Å². The van der Waals surface area contributed by atoms with E-state index in [0.29, 0.717) is 29.9 Å². The molecule has 34 heavy (non-hydrogen) atoms. The molecule has 0 saturated carbocycles. The minimum Gasteiger partial charge on any atom is -0.310 e. The first kappa shape index (κ1) is 26.9. The fourth-order valence-electron chi connectivity index (χ4n) is 4.86. The lowest BCUT2D eigenvalue weighted by atomic mass is 9.94. The maximum atomic E-state index is 13.2. The van der Waals surface area contributed by atoms with Gasteiger partial charge in [-0.15, -0.1) is 0 Å². The summed E-state index contributed by atoms with van der Waals surface area (Å²) in [5, 5.41) is 3.62. The summed E-state index contributed by atoms with van der Waals surface area (Å²) in [6.45, 7) is 8.67. The number of unbranched alkanes of at least 4 members (excludes halogenated alkanes) is 3. The number of aryl methyl sites for hydroxylation is 1. The van der Waals surface area contributed by atoms with Crippen LogP contribution in [0, 0.1) is 6.92 Å². The molecule has 0 bridgehead atoms. The average molecular weight is 485 g/mol. The smallest absolute Gasteiger partial charge is 0.243 e. The van der Waals surface area contributed by atoms with Crippen LogP contribution in [-0.4, -0.2) is 31.9 Å². The molecule has 4 nitrogen and oxygen atoms in total. The highest BCUT2D eigenvalue weighted by molar-refractivity contribution is 7.89. The van der Waals surface area contributed by atoms with Gasteiger partial charge in [-0.3, -0.25) is 0 Å². The van der Waals surface area contributed by atoms with Gasteiger partial charge >= 0.3 is 0 Å². The highest BCUT2D eigenvalue weighted by atomic mass is 32.2. The van der Waals surface area contributed by atoms with Gasteiger partial charge in [0, 0.05) is 25.7 Å². The highest BCUT2D eigenvalue weighted by Gasteiger charge is 2.27. The lowest BCUT2D eigenvalue weighted by molar-refractivity contribution is 0.346. The minimum atomic E-state index is -3.38. The van der Waals surface area contributed by atoms with Crippen molar-refractivity contribution in [2.75, 3.05) is 13.1 Å².